The van der Waals surface area contributed by atoms with Gasteiger partial charge in [-0.2, -0.15) is 0 Å². The minimum Gasteiger partial charge on any atom is -0.361 e. The maximum atomic E-state index is 13.4. The number of fused-ring (bicyclic) bond motifs is 1. The zero-order valence-corrected chi connectivity index (χ0v) is 13.5. The molecule has 2 N–H and O–H groups in total. The van der Waals surface area contributed by atoms with E-state index in [1.807, 2.05) is 43.5 Å². The number of carbonyl (C=O) groups excluding carboxylic acids is 1. The summed E-state index contributed by atoms with van der Waals surface area (Å²) >= 11 is 0. The van der Waals surface area contributed by atoms with Crippen molar-refractivity contribution in [1.29, 1.82) is 0 Å². The summed E-state index contributed by atoms with van der Waals surface area (Å²) in [6.07, 6.45) is 4.02. The summed E-state index contributed by atoms with van der Waals surface area (Å²) in [5, 5.41) is 4.10. The molecule has 2 aromatic carbocycles. The Bertz CT molecular complexity index is 907. The maximum Gasteiger partial charge on any atom is 0.251 e. The van der Waals surface area contributed by atoms with Crippen LogP contribution >= 0.6 is 0 Å². The van der Waals surface area contributed by atoms with Gasteiger partial charge < -0.3 is 10.3 Å². The Morgan fingerprint density at radius 2 is 1.96 bits per heavy atom. The third-order valence-corrected chi connectivity index (χ3v) is 4.97. The van der Waals surface area contributed by atoms with Crippen LogP contribution in [0, 0.1) is 12.7 Å². The predicted octanol–water partition coefficient (Wildman–Crippen LogP) is 4.08. The Balaban J connectivity index is 1.53. The smallest absolute Gasteiger partial charge is 0.251 e. The van der Waals surface area contributed by atoms with E-state index in [1.54, 1.807) is 0 Å². The summed E-state index contributed by atoms with van der Waals surface area (Å²) in [6, 6.07) is 12.4. The second kappa shape index (κ2) is 5.48. The normalized spacial score (nSPS) is 15.4. The molecule has 4 rings (SSSR count). The van der Waals surface area contributed by atoms with E-state index in [4.69, 9.17) is 0 Å². The highest BCUT2D eigenvalue weighted by Crippen LogP contribution is 2.50. The summed E-state index contributed by atoms with van der Waals surface area (Å²) in [7, 11) is 0. The SMILES string of the molecule is Cc1ccc(C(=O)NCC2(c3c[nH]c4cc(F)ccc34)CC2)cc1. The van der Waals surface area contributed by atoms with Crippen molar-refractivity contribution in [3.63, 3.8) is 0 Å². The van der Waals surface area contributed by atoms with E-state index in [9.17, 15) is 9.18 Å². The van der Waals surface area contributed by atoms with Crippen molar-refractivity contribution >= 4 is 16.8 Å². The van der Waals surface area contributed by atoms with Crippen molar-refractivity contribution in [2.75, 3.05) is 6.54 Å². The number of rotatable bonds is 4. The third-order valence-electron chi connectivity index (χ3n) is 4.97. The number of halogens is 1. The largest absolute Gasteiger partial charge is 0.361 e. The molecular weight excluding hydrogens is 303 g/mol. The van der Waals surface area contributed by atoms with Crippen LogP contribution in [0.15, 0.2) is 48.7 Å². The highest BCUT2D eigenvalue weighted by Gasteiger charge is 2.45. The van der Waals surface area contributed by atoms with Crippen LogP contribution in [0.5, 0.6) is 0 Å². The average Bonchev–Trinajstić information content (AvgIpc) is 3.25. The second-order valence-electron chi connectivity index (χ2n) is 6.72. The summed E-state index contributed by atoms with van der Waals surface area (Å²) in [5.74, 6) is -0.291. The Kier molecular flexibility index (Phi) is 3.41. The van der Waals surface area contributed by atoms with E-state index in [0.29, 0.717) is 12.1 Å². The molecule has 1 heterocycles. The van der Waals surface area contributed by atoms with Crippen molar-refractivity contribution in [3.8, 4) is 0 Å². The van der Waals surface area contributed by atoms with Crippen molar-refractivity contribution in [1.82, 2.24) is 10.3 Å². The molecule has 1 aliphatic rings. The van der Waals surface area contributed by atoms with Crippen molar-refractivity contribution in [2.45, 2.75) is 25.2 Å². The van der Waals surface area contributed by atoms with Gasteiger partial charge >= 0.3 is 0 Å². The first-order valence-electron chi connectivity index (χ1n) is 8.19. The van der Waals surface area contributed by atoms with Crippen molar-refractivity contribution in [2.24, 2.45) is 0 Å². The Hall–Kier alpha value is -2.62. The number of hydrogen-bond donors (Lipinski definition) is 2. The summed E-state index contributed by atoms with van der Waals surface area (Å²) in [6.45, 7) is 2.60. The number of nitrogens with one attached hydrogen (secondary N) is 2. The molecule has 0 aliphatic heterocycles. The predicted molar refractivity (Wildman–Crippen MR) is 92.7 cm³/mol. The molecule has 1 aliphatic carbocycles. The van der Waals surface area contributed by atoms with Crippen LogP contribution < -0.4 is 5.32 Å². The lowest BCUT2D eigenvalue weighted by Gasteiger charge is -2.16. The number of aromatic amines is 1. The van der Waals surface area contributed by atoms with E-state index in [-0.39, 0.29) is 17.1 Å². The van der Waals surface area contributed by atoms with E-state index in [1.165, 1.54) is 17.7 Å². The highest BCUT2D eigenvalue weighted by molar-refractivity contribution is 5.94. The molecule has 3 nitrogen and oxygen atoms in total. The lowest BCUT2D eigenvalue weighted by Crippen LogP contribution is -2.32. The van der Waals surface area contributed by atoms with E-state index in [2.05, 4.69) is 10.3 Å². The monoisotopic (exact) mass is 322 g/mol. The summed E-state index contributed by atoms with van der Waals surface area (Å²) < 4.78 is 13.4. The van der Waals surface area contributed by atoms with Gasteiger partial charge in [-0.15, -0.1) is 0 Å². The molecule has 3 aromatic rings. The fourth-order valence-corrected chi connectivity index (χ4v) is 3.29. The highest BCUT2D eigenvalue weighted by atomic mass is 19.1. The van der Waals surface area contributed by atoms with Crippen LogP contribution in [0.2, 0.25) is 0 Å². The van der Waals surface area contributed by atoms with Gasteiger partial charge in [-0.25, -0.2) is 4.39 Å². The fourth-order valence-electron chi connectivity index (χ4n) is 3.29. The first kappa shape index (κ1) is 14.9. The molecule has 0 saturated heterocycles. The van der Waals surface area contributed by atoms with Gasteiger partial charge in [0.2, 0.25) is 0 Å². The van der Waals surface area contributed by atoms with Gasteiger partial charge in [-0.05, 0) is 55.7 Å². The van der Waals surface area contributed by atoms with Gasteiger partial charge in [0.1, 0.15) is 5.82 Å². The molecule has 24 heavy (non-hydrogen) atoms. The van der Waals surface area contributed by atoms with E-state index < -0.39 is 0 Å². The molecular formula is C20H19FN2O. The van der Waals surface area contributed by atoms with Crippen molar-refractivity contribution < 1.29 is 9.18 Å². The van der Waals surface area contributed by atoms with Gasteiger partial charge in [-0.3, -0.25) is 4.79 Å². The first-order valence-corrected chi connectivity index (χ1v) is 8.19. The van der Waals surface area contributed by atoms with Crippen LogP contribution in [0.1, 0.15) is 34.3 Å². The fraction of sp³-hybridized carbons (Fsp3) is 0.250. The first-order chi connectivity index (χ1) is 11.6. The second-order valence-corrected chi connectivity index (χ2v) is 6.72. The maximum absolute atomic E-state index is 13.4. The van der Waals surface area contributed by atoms with Crippen LogP contribution in [-0.4, -0.2) is 17.4 Å². The Labute approximate surface area is 139 Å². The third kappa shape index (κ3) is 2.58. The standard InChI is InChI=1S/C20H19FN2O/c1-13-2-4-14(5-3-13)19(24)23-12-20(8-9-20)17-11-22-18-10-15(21)6-7-16(17)18/h2-7,10-11,22H,8-9,12H2,1H3,(H,23,24). The van der Waals surface area contributed by atoms with Gasteiger partial charge in [0.25, 0.3) is 5.91 Å². The number of H-pyrrole nitrogens is 1. The number of aryl methyl sites for hydroxylation is 1. The molecule has 0 atom stereocenters. The molecule has 0 radical (unpaired) electrons. The lowest BCUT2D eigenvalue weighted by molar-refractivity contribution is 0.0949. The number of benzene rings is 2. The van der Waals surface area contributed by atoms with Gasteiger partial charge in [0, 0.05) is 34.6 Å². The molecule has 1 saturated carbocycles. The summed E-state index contributed by atoms with van der Waals surface area (Å²) in [4.78, 5) is 15.5. The molecule has 0 bridgehead atoms. The number of aromatic nitrogens is 1. The Morgan fingerprint density at radius 1 is 1.21 bits per heavy atom. The van der Waals surface area contributed by atoms with Gasteiger partial charge in [0.05, 0.1) is 0 Å². The number of amides is 1. The van der Waals surface area contributed by atoms with Crippen LogP contribution in [0.3, 0.4) is 0 Å². The van der Waals surface area contributed by atoms with Gasteiger partial charge in [-0.1, -0.05) is 17.7 Å². The zero-order valence-electron chi connectivity index (χ0n) is 13.5. The quantitative estimate of drug-likeness (QED) is 0.747. The minimum atomic E-state index is -0.242. The van der Waals surface area contributed by atoms with Crippen LogP contribution in [-0.2, 0) is 5.41 Å². The van der Waals surface area contributed by atoms with Crippen LogP contribution in [0.25, 0.3) is 10.9 Å². The van der Waals surface area contributed by atoms with E-state index in [0.717, 1.165) is 29.3 Å². The minimum absolute atomic E-state index is 0.0313. The number of hydrogen-bond acceptors (Lipinski definition) is 1. The number of carbonyl (C=O) groups is 1. The zero-order chi connectivity index (χ0) is 16.7. The summed E-state index contributed by atoms with van der Waals surface area (Å²) in [5.41, 5.74) is 3.76. The Morgan fingerprint density at radius 3 is 2.67 bits per heavy atom. The molecule has 122 valence electrons. The van der Waals surface area contributed by atoms with Crippen molar-refractivity contribution in [3.05, 3.63) is 71.2 Å². The molecule has 1 fully saturated rings. The lowest BCUT2D eigenvalue weighted by atomic mass is 9.95. The molecule has 0 spiro atoms. The molecule has 1 aromatic heterocycles. The van der Waals surface area contributed by atoms with Crippen LogP contribution in [0.4, 0.5) is 4.39 Å². The van der Waals surface area contributed by atoms with E-state index >= 15 is 0 Å². The average molecular weight is 322 g/mol. The topological polar surface area (TPSA) is 44.9 Å². The molecule has 0 unspecified atom stereocenters. The van der Waals surface area contributed by atoms with Gasteiger partial charge in [0.15, 0.2) is 0 Å². The molecule has 1 amide bonds. The molecule has 4 heteroatoms.